The van der Waals surface area contributed by atoms with E-state index < -0.39 is 0 Å². The summed E-state index contributed by atoms with van der Waals surface area (Å²) in [5.41, 5.74) is 3.02. The zero-order valence-electron chi connectivity index (χ0n) is 13.8. The Morgan fingerprint density at radius 3 is 2.42 bits per heavy atom. The van der Waals surface area contributed by atoms with Crippen LogP contribution in [-0.2, 0) is 13.1 Å². The van der Waals surface area contributed by atoms with E-state index in [-0.39, 0.29) is 5.91 Å². The first-order chi connectivity index (χ1) is 11.8. The molecule has 0 aliphatic rings. The van der Waals surface area contributed by atoms with Crippen LogP contribution in [0.4, 0.5) is 0 Å². The summed E-state index contributed by atoms with van der Waals surface area (Å²) in [6.07, 6.45) is 5.48. The summed E-state index contributed by atoms with van der Waals surface area (Å²) in [6.45, 7) is 4.09. The third kappa shape index (κ3) is 3.90. The van der Waals surface area contributed by atoms with Crippen molar-refractivity contribution in [2.75, 3.05) is 6.54 Å². The van der Waals surface area contributed by atoms with Gasteiger partial charge in [0.25, 0.3) is 5.91 Å². The molecule has 0 radical (unpaired) electrons. The molecule has 0 saturated heterocycles. The maximum atomic E-state index is 12.7. The van der Waals surface area contributed by atoms with Crippen molar-refractivity contribution in [1.82, 2.24) is 14.5 Å². The highest BCUT2D eigenvalue weighted by atomic mass is 16.2. The Balaban J connectivity index is 1.69. The molecule has 1 heterocycles. The van der Waals surface area contributed by atoms with E-state index in [2.05, 4.69) is 4.98 Å². The van der Waals surface area contributed by atoms with Gasteiger partial charge in [0.05, 0.1) is 6.33 Å². The lowest BCUT2D eigenvalue weighted by molar-refractivity contribution is 0.0752. The smallest absolute Gasteiger partial charge is 0.254 e. The third-order valence-electron chi connectivity index (χ3n) is 4.01. The molecule has 3 aromatic rings. The highest BCUT2D eigenvalue weighted by Gasteiger charge is 2.14. The van der Waals surface area contributed by atoms with E-state index in [0.717, 1.165) is 23.2 Å². The van der Waals surface area contributed by atoms with Crippen LogP contribution < -0.4 is 0 Å². The van der Waals surface area contributed by atoms with Crippen LogP contribution in [-0.4, -0.2) is 26.9 Å². The van der Waals surface area contributed by atoms with Crippen LogP contribution >= 0.6 is 0 Å². The largest absolute Gasteiger partial charge is 0.335 e. The van der Waals surface area contributed by atoms with Crippen molar-refractivity contribution < 1.29 is 4.79 Å². The molecule has 4 nitrogen and oxygen atoms in total. The van der Waals surface area contributed by atoms with Crippen LogP contribution in [0.3, 0.4) is 0 Å². The number of rotatable bonds is 6. The predicted octanol–water partition coefficient (Wildman–Crippen LogP) is 3.59. The van der Waals surface area contributed by atoms with E-state index in [1.54, 1.807) is 12.5 Å². The summed E-state index contributed by atoms with van der Waals surface area (Å²) in [5, 5.41) is 0. The number of nitrogens with zero attached hydrogens (tertiary/aromatic N) is 3. The van der Waals surface area contributed by atoms with Gasteiger partial charge < -0.3 is 9.47 Å². The molecule has 2 aromatic carbocycles. The number of hydrogen-bond donors (Lipinski definition) is 0. The molecule has 122 valence electrons. The highest BCUT2D eigenvalue weighted by molar-refractivity contribution is 5.94. The predicted molar refractivity (Wildman–Crippen MR) is 94.6 cm³/mol. The number of benzene rings is 2. The van der Waals surface area contributed by atoms with Crippen LogP contribution in [0.2, 0.25) is 0 Å². The summed E-state index contributed by atoms with van der Waals surface area (Å²) in [6, 6.07) is 17.9. The molecule has 24 heavy (non-hydrogen) atoms. The molecule has 0 spiro atoms. The molecule has 0 atom stereocenters. The number of hydrogen-bond acceptors (Lipinski definition) is 2. The quantitative estimate of drug-likeness (QED) is 0.696. The molecule has 0 bridgehead atoms. The van der Waals surface area contributed by atoms with Crippen molar-refractivity contribution in [3.8, 4) is 0 Å². The first-order valence-corrected chi connectivity index (χ1v) is 8.14. The monoisotopic (exact) mass is 319 g/mol. The van der Waals surface area contributed by atoms with Crippen LogP contribution in [0.25, 0.3) is 0 Å². The molecule has 0 fully saturated rings. The summed E-state index contributed by atoms with van der Waals surface area (Å²) >= 11 is 0. The van der Waals surface area contributed by atoms with Gasteiger partial charge in [-0.05, 0) is 30.2 Å². The van der Waals surface area contributed by atoms with Gasteiger partial charge in [0.2, 0.25) is 0 Å². The zero-order valence-corrected chi connectivity index (χ0v) is 13.8. The Hall–Kier alpha value is -2.88. The summed E-state index contributed by atoms with van der Waals surface area (Å²) in [7, 11) is 0. The topological polar surface area (TPSA) is 38.1 Å². The lowest BCUT2D eigenvalue weighted by Gasteiger charge is -2.21. The Labute approximate surface area is 142 Å². The van der Waals surface area contributed by atoms with E-state index >= 15 is 0 Å². The van der Waals surface area contributed by atoms with Gasteiger partial charge in [0, 0.05) is 37.6 Å². The van der Waals surface area contributed by atoms with Crippen LogP contribution in [0, 0.1) is 0 Å². The second-order valence-electron chi connectivity index (χ2n) is 5.74. The van der Waals surface area contributed by atoms with Gasteiger partial charge >= 0.3 is 0 Å². The van der Waals surface area contributed by atoms with Gasteiger partial charge in [-0.1, -0.05) is 42.5 Å². The van der Waals surface area contributed by atoms with Crippen molar-refractivity contribution >= 4 is 5.91 Å². The van der Waals surface area contributed by atoms with E-state index in [1.807, 2.05) is 77.2 Å². The van der Waals surface area contributed by atoms with Crippen molar-refractivity contribution in [2.24, 2.45) is 0 Å². The molecule has 0 aliphatic heterocycles. The fourth-order valence-electron chi connectivity index (χ4n) is 2.66. The van der Waals surface area contributed by atoms with E-state index in [9.17, 15) is 4.79 Å². The number of aromatic nitrogens is 2. The molecule has 0 unspecified atom stereocenters. The minimum atomic E-state index is 0.0653. The number of amides is 1. The Kier molecular flexibility index (Phi) is 5.06. The SMILES string of the molecule is CCN(Cc1ccccc1)C(=O)c1ccc(Cn2ccnc2)cc1. The Bertz CT molecular complexity index is 764. The zero-order chi connectivity index (χ0) is 16.8. The molecular formula is C20H21N3O. The minimum Gasteiger partial charge on any atom is -0.335 e. The van der Waals surface area contributed by atoms with Crippen LogP contribution in [0.1, 0.15) is 28.4 Å². The first kappa shape index (κ1) is 16.0. The highest BCUT2D eigenvalue weighted by Crippen LogP contribution is 2.12. The summed E-state index contributed by atoms with van der Waals surface area (Å²) < 4.78 is 2.00. The van der Waals surface area contributed by atoms with Gasteiger partial charge in [0.1, 0.15) is 0 Å². The van der Waals surface area contributed by atoms with Crippen LogP contribution in [0.5, 0.6) is 0 Å². The minimum absolute atomic E-state index is 0.0653. The van der Waals surface area contributed by atoms with Gasteiger partial charge in [0.15, 0.2) is 0 Å². The van der Waals surface area contributed by atoms with Gasteiger partial charge in [-0.2, -0.15) is 0 Å². The lowest BCUT2D eigenvalue weighted by Crippen LogP contribution is -2.30. The van der Waals surface area contributed by atoms with E-state index in [0.29, 0.717) is 13.1 Å². The van der Waals surface area contributed by atoms with Crippen LogP contribution in [0.15, 0.2) is 73.3 Å². The second kappa shape index (κ2) is 7.59. The number of carbonyl (C=O) groups excluding carboxylic acids is 1. The summed E-state index contributed by atoms with van der Waals surface area (Å²) in [4.78, 5) is 18.6. The molecular weight excluding hydrogens is 298 g/mol. The molecule has 0 saturated carbocycles. The molecule has 0 N–H and O–H groups in total. The Morgan fingerprint density at radius 2 is 1.79 bits per heavy atom. The maximum Gasteiger partial charge on any atom is 0.254 e. The molecule has 3 rings (SSSR count). The molecule has 0 aliphatic carbocycles. The van der Waals surface area contributed by atoms with Gasteiger partial charge in [-0.25, -0.2) is 4.98 Å². The van der Waals surface area contributed by atoms with Gasteiger partial charge in [-0.3, -0.25) is 4.79 Å². The average molecular weight is 319 g/mol. The third-order valence-corrected chi connectivity index (χ3v) is 4.01. The fraction of sp³-hybridized carbons (Fsp3) is 0.200. The van der Waals surface area contributed by atoms with Crippen molar-refractivity contribution in [3.63, 3.8) is 0 Å². The lowest BCUT2D eigenvalue weighted by atomic mass is 10.1. The normalized spacial score (nSPS) is 10.5. The average Bonchev–Trinajstić information content (AvgIpc) is 3.14. The maximum absolute atomic E-state index is 12.7. The standard InChI is InChI=1S/C20H21N3O/c1-2-23(15-17-6-4-3-5-7-17)20(24)19-10-8-18(9-11-19)14-22-13-12-21-16-22/h3-13,16H,2,14-15H2,1H3. The van der Waals surface area contributed by atoms with E-state index in [4.69, 9.17) is 0 Å². The Morgan fingerprint density at radius 1 is 1.04 bits per heavy atom. The molecule has 4 heteroatoms. The van der Waals surface area contributed by atoms with E-state index in [1.165, 1.54) is 0 Å². The van der Waals surface area contributed by atoms with Crippen molar-refractivity contribution in [2.45, 2.75) is 20.0 Å². The fourth-order valence-corrected chi connectivity index (χ4v) is 2.66. The number of imidazole rings is 1. The number of carbonyl (C=O) groups is 1. The second-order valence-corrected chi connectivity index (χ2v) is 5.74. The van der Waals surface area contributed by atoms with Crippen molar-refractivity contribution in [3.05, 3.63) is 90.0 Å². The summed E-state index contributed by atoms with van der Waals surface area (Å²) in [5.74, 6) is 0.0653. The molecule has 1 amide bonds. The first-order valence-electron chi connectivity index (χ1n) is 8.14. The molecule has 1 aromatic heterocycles. The van der Waals surface area contributed by atoms with Crippen molar-refractivity contribution in [1.29, 1.82) is 0 Å². The van der Waals surface area contributed by atoms with Gasteiger partial charge in [-0.15, -0.1) is 0 Å².